The predicted molar refractivity (Wildman–Crippen MR) is 120 cm³/mol. The standard InChI is InChI=1S/C22H27N5O3S/c1-14-7-19(6-5-17(14)10-28)30-11-18-9-25-22(29)21(18)16-4-2-3-15(8-16)12-31-13-20(23)26-27-24/h2-8,18,21,28H,9-13H2,1H3,(H,25,29)(H3,23,24,26)/t18-,21-/m1/s1. The van der Waals surface area contributed by atoms with Crippen molar-refractivity contribution >= 4 is 23.5 Å². The lowest BCUT2D eigenvalue weighted by atomic mass is 9.88. The fourth-order valence-corrected chi connectivity index (χ4v) is 4.42. The van der Waals surface area contributed by atoms with E-state index in [0.29, 0.717) is 24.7 Å². The van der Waals surface area contributed by atoms with E-state index in [9.17, 15) is 9.90 Å². The first-order valence-corrected chi connectivity index (χ1v) is 11.1. The summed E-state index contributed by atoms with van der Waals surface area (Å²) in [5.74, 6) is 1.80. The minimum atomic E-state index is -0.273. The number of aliphatic hydroxyl groups is 1. The van der Waals surface area contributed by atoms with Crippen LogP contribution in [0.2, 0.25) is 0 Å². The molecule has 2 atom stereocenters. The van der Waals surface area contributed by atoms with Crippen molar-refractivity contribution in [1.29, 1.82) is 10.9 Å². The van der Waals surface area contributed by atoms with Gasteiger partial charge in [0.15, 0.2) is 0 Å². The maximum Gasteiger partial charge on any atom is 0.228 e. The number of amides is 1. The highest BCUT2D eigenvalue weighted by Gasteiger charge is 2.36. The molecule has 1 amide bonds. The Hall–Kier alpha value is -2.91. The highest BCUT2D eigenvalue weighted by atomic mass is 32.2. The lowest BCUT2D eigenvalue weighted by Gasteiger charge is -2.19. The van der Waals surface area contributed by atoms with Crippen LogP contribution in [0.5, 0.6) is 5.75 Å². The van der Waals surface area contributed by atoms with Crippen molar-refractivity contribution in [1.82, 2.24) is 10.7 Å². The molecule has 1 heterocycles. The molecule has 2 aromatic carbocycles. The Morgan fingerprint density at radius 3 is 2.94 bits per heavy atom. The molecule has 8 nitrogen and oxygen atoms in total. The molecule has 3 rings (SSSR count). The van der Waals surface area contributed by atoms with E-state index in [1.54, 1.807) is 11.8 Å². The normalized spacial score (nSPS) is 17.8. The Morgan fingerprint density at radius 2 is 2.19 bits per heavy atom. The van der Waals surface area contributed by atoms with Crippen LogP contribution in [0.15, 0.2) is 47.7 Å². The minimum absolute atomic E-state index is 0.00106. The van der Waals surface area contributed by atoms with E-state index in [0.717, 1.165) is 28.0 Å². The van der Waals surface area contributed by atoms with Crippen LogP contribution in [0.4, 0.5) is 0 Å². The number of carbonyl (C=O) groups is 1. The number of benzene rings is 2. The van der Waals surface area contributed by atoms with Gasteiger partial charge in [0, 0.05) is 18.2 Å². The Kier molecular flexibility index (Phi) is 8.02. The van der Waals surface area contributed by atoms with Gasteiger partial charge in [0.25, 0.3) is 0 Å². The number of carbonyl (C=O) groups excluding carboxylic acids is 1. The molecule has 1 aliphatic rings. The average molecular weight is 442 g/mol. The molecule has 31 heavy (non-hydrogen) atoms. The van der Waals surface area contributed by atoms with Crippen LogP contribution < -0.4 is 15.5 Å². The number of hydrogen-bond donors (Lipinski definition) is 5. The second-order valence-corrected chi connectivity index (χ2v) is 8.47. The summed E-state index contributed by atoms with van der Waals surface area (Å²) in [6.45, 7) is 2.92. The van der Waals surface area contributed by atoms with Gasteiger partial charge in [-0.3, -0.25) is 10.2 Å². The van der Waals surface area contributed by atoms with E-state index >= 15 is 0 Å². The molecule has 0 saturated carbocycles. The van der Waals surface area contributed by atoms with Gasteiger partial charge < -0.3 is 15.2 Å². The van der Waals surface area contributed by atoms with Crippen molar-refractivity contribution in [3.8, 4) is 5.75 Å². The Morgan fingerprint density at radius 1 is 1.35 bits per heavy atom. The Balaban J connectivity index is 1.63. The zero-order valence-corrected chi connectivity index (χ0v) is 18.2. The average Bonchev–Trinajstić information content (AvgIpc) is 3.13. The molecule has 0 bridgehead atoms. The van der Waals surface area contributed by atoms with Gasteiger partial charge in [-0.1, -0.05) is 35.6 Å². The number of thioether (sulfide) groups is 1. The minimum Gasteiger partial charge on any atom is -0.493 e. The van der Waals surface area contributed by atoms with Gasteiger partial charge in [0.1, 0.15) is 11.6 Å². The summed E-state index contributed by atoms with van der Waals surface area (Å²) in [6, 6.07) is 13.6. The third-order valence-corrected chi connectivity index (χ3v) is 6.29. The predicted octanol–water partition coefficient (Wildman–Crippen LogP) is 3.14. The number of nitrogens with zero attached hydrogens (tertiary/aromatic N) is 1. The van der Waals surface area contributed by atoms with Crippen molar-refractivity contribution in [3.63, 3.8) is 0 Å². The number of aryl methyl sites for hydroxylation is 1. The molecule has 164 valence electrons. The van der Waals surface area contributed by atoms with Crippen LogP contribution in [0.3, 0.4) is 0 Å². The highest BCUT2D eigenvalue weighted by molar-refractivity contribution is 7.99. The van der Waals surface area contributed by atoms with Crippen molar-refractivity contribution < 1.29 is 14.6 Å². The van der Waals surface area contributed by atoms with Crippen molar-refractivity contribution in [3.05, 3.63) is 64.7 Å². The van der Waals surface area contributed by atoms with E-state index in [-0.39, 0.29) is 30.2 Å². The topological polar surface area (TPSA) is 131 Å². The summed E-state index contributed by atoms with van der Waals surface area (Å²) in [7, 11) is 0. The van der Waals surface area contributed by atoms with Gasteiger partial charge in [0.2, 0.25) is 5.91 Å². The molecule has 0 spiro atoms. The third kappa shape index (κ3) is 6.05. The smallest absolute Gasteiger partial charge is 0.228 e. The SMILES string of the molecule is Cc1cc(OC[C@H]2CNC(=O)[C@@H]2c2cccc(CSCC(=N)NN=N)c2)ccc1CO. The van der Waals surface area contributed by atoms with E-state index in [1.165, 1.54) is 0 Å². The number of aliphatic hydroxyl groups excluding tert-OH is 1. The summed E-state index contributed by atoms with van der Waals surface area (Å²) in [6.07, 6.45) is 0. The Bertz CT molecular complexity index is 952. The van der Waals surface area contributed by atoms with Crippen LogP contribution >= 0.6 is 11.8 Å². The largest absolute Gasteiger partial charge is 0.493 e. The van der Waals surface area contributed by atoms with E-state index < -0.39 is 0 Å². The number of nitrogens with one attached hydrogen (secondary N) is 4. The summed E-state index contributed by atoms with van der Waals surface area (Å²) in [4.78, 5) is 12.6. The van der Waals surface area contributed by atoms with Crippen molar-refractivity contribution in [2.45, 2.75) is 25.2 Å². The van der Waals surface area contributed by atoms with Gasteiger partial charge in [-0.15, -0.1) is 11.8 Å². The maximum atomic E-state index is 12.6. The molecule has 1 saturated heterocycles. The molecule has 0 aromatic heterocycles. The zero-order chi connectivity index (χ0) is 22.2. The second kappa shape index (κ2) is 10.9. The van der Waals surface area contributed by atoms with Crippen LogP contribution in [-0.4, -0.2) is 35.8 Å². The second-order valence-electron chi connectivity index (χ2n) is 7.48. The molecule has 1 aliphatic heterocycles. The third-order valence-electron chi connectivity index (χ3n) is 5.26. The summed E-state index contributed by atoms with van der Waals surface area (Å²) >= 11 is 1.55. The maximum absolute atomic E-state index is 12.6. The van der Waals surface area contributed by atoms with Gasteiger partial charge in [-0.05, 0) is 41.3 Å². The fraction of sp³-hybridized carbons (Fsp3) is 0.364. The fourth-order valence-electron chi connectivity index (χ4n) is 3.64. The molecule has 0 unspecified atom stereocenters. The number of ether oxygens (including phenoxy) is 1. The van der Waals surface area contributed by atoms with Crippen LogP contribution in [0.1, 0.15) is 28.2 Å². The summed E-state index contributed by atoms with van der Waals surface area (Å²) in [5, 5.41) is 22.9. The molecule has 1 fully saturated rings. The molecule has 5 N–H and O–H groups in total. The van der Waals surface area contributed by atoms with Crippen molar-refractivity contribution in [2.24, 2.45) is 11.1 Å². The van der Waals surface area contributed by atoms with E-state index in [4.69, 9.17) is 15.7 Å². The summed E-state index contributed by atoms with van der Waals surface area (Å²) in [5.41, 5.74) is 12.9. The first-order chi connectivity index (χ1) is 15.0. The quantitative estimate of drug-likeness (QED) is 0.167. The first-order valence-electron chi connectivity index (χ1n) is 9.99. The molecule has 0 aliphatic carbocycles. The van der Waals surface area contributed by atoms with Crippen LogP contribution in [-0.2, 0) is 17.2 Å². The molecular weight excluding hydrogens is 414 g/mol. The molecule has 2 aromatic rings. The molecule has 9 heteroatoms. The molecular formula is C22H27N5O3S. The summed E-state index contributed by atoms with van der Waals surface area (Å²) < 4.78 is 5.98. The number of hydrogen-bond acceptors (Lipinski definition) is 7. The van der Waals surface area contributed by atoms with E-state index in [1.807, 2.05) is 49.4 Å². The monoisotopic (exact) mass is 441 g/mol. The van der Waals surface area contributed by atoms with Gasteiger partial charge >= 0.3 is 0 Å². The highest BCUT2D eigenvalue weighted by Crippen LogP contribution is 2.31. The van der Waals surface area contributed by atoms with E-state index in [2.05, 4.69) is 16.0 Å². The van der Waals surface area contributed by atoms with Gasteiger partial charge in [0.05, 0.1) is 24.9 Å². The first kappa shape index (κ1) is 22.8. The van der Waals surface area contributed by atoms with Gasteiger partial charge in [-0.25, -0.2) is 5.43 Å². The van der Waals surface area contributed by atoms with Gasteiger partial charge in [-0.2, -0.15) is 5.53 Å². The number of amidine groups is 1. The lowest BCUT2D eigenvalue weighted by molar-refractivity contribution is -0.120. The van der Waals surface area contributed by atoms with Crippen LogP contribution in [0.25, 0.3) is 0 Å². The van der Waals surface area contributed by atoms with Crippen molar-refractivity contribution in [2.75, 3.05) is 18.9 Å². The van der Waals surface area contributed by atoms with Crippen LogP contribution in [0, 0.1) is 23.8 Å². The number of rotatable bonds is 10. The molecule has 0 radical (unpaired) electrons. The Labute approximate surface area is 185 Å². The lowest BCUT2D eigenvalue weighted by Crippen LogP contribution is -2.21. The zero-order valence-electron chi connectivity index (χ0n) is 17.4.